The average Bonchev–Trinajstić information content (AvgIpc) is 2.20. The SMILES string of the molecule is CCC(CC#N)Oc1ccc(Cl)cc1. The molecule has 0 aromatic heterocycles. The number of benzene rings is 1. The van der Waals surface area contributed by atoms with Gasteiger partial charge in [0.1, 0.15) is 11.9 Å². The van der Waals surface area contributed by atoms with E-state index in [-0.39, 0.29) is 6.10 Å². The lowest BCUT2D eigenvalue weighted by Gasteiger charge is -2.14. The topological polar surface area (TPSA) is 33.0 Å². The van der Waals surface area contributed by atoms with Gasteiger partial charge in [0.05, 0.1) is 12.5 Å². The van der Waals surface area contributed by atoms with Crippen molar-refractivity contribution in [3.63, 3.8) is 0 Å². The molecular formula is C11H12ClNO. The second kappa shape index (κ2) is 5.51. The highest BCUT2D eigenvalue weighted by molar-refractivity contribution is 6.30. The van der Waals surface area contributed by atoms with Crippen molar-refractivity contribution in [3.05, 3.63) is 29.3 Å². The van der Waals surface area contributed by atoms with E-state index in [9.17, 15) is 0 Å². The van der Waals surface area contributed by atoms with Crippen LogP contribution in [0.5, 0.6) is 5.75 Å². The van der Waals surface area contributed by atoms with Gasteiger partial charge in [-0.25, -0.2) is 0 Å². The van der Waals surface area contributed by atoms with Crippen molar-refractivity contribution in [2.45, 2.75) is 25.9 Å². The van der Waals surface area contributed by atoms with Crippen molar-refractivity contribution >= 4 is 11.6 Å². The summed E-state index contributed by atoms with van der Waals surface area (Å²) >= 11 is 5.74. The van der Waals surface area contributed by atoms with Crippen LogP contribution in [-0.4, -0.2) is 6.10 Å². The molecule has 3 heteroatoms. The number of rotatable bonds is 4. The number of nitriles is 1. The summed E-state index contributed by atoms with van der Waals surface area (Å²) in [7, 11) is 0. The highest BCUT2D eigenvalue weighted by Gasteiger charge is 2.06. The summed E-state index contributed by atoms with van der Waals surface area (Å²) in [6, 6.07) is 9.26. The Hall–Kier alpha value is -1.20. The van der Waals surface area contributed by atoms with Crippen LogP contribution in [0.1, 0.15) is 19.8 Å². The standard InChI is InChI=1S/C11H12ClNO/c1-2-10(7-8-13)14-11-5-3-9(12)4-6-11/h3-6,10H,2,7H2,1H3. The molecule has 14 heavy (non-hydrogen) atoms. The van der Waals surface area contributed by atoms with Crippen molar-refractivity contribution in [2.24, 2.45) is 0 Å². The van der Waals surface area contributed by atoms with Crippen LogP contribution in [0.15, 0.2) is 24.3 Å². The summed E-state index contributed by atoms with van der Waals surface area (Å²) in [4.78, 5) is 0. The molecule has 1 unspecified atom stereocenters. The molecule has 0 heterocycles. The predicted octanol–water partition coefficient (Wildman–Crippen LogP) is 3.41. The summed E-state index contributed by atoms with van der Waals surface area (Å²) in [6.07, 6.45) is 1.22. The van der Waals surface area contributed by atoms with Crippen LogP contribution < -0.4 is 4.74 Å². The molecule has 0 aliphatic rings. The number of halogens is 1. The van der Waals surface area contributed by atoms with Crippen LogP contribution in [0, 0.1) is 11.3 Å². The summed E-state index contributed by atoms with van der Waals surface area (Å²) in [5.41, 5.74) is 0. The molecule has 0 radical (unpaired) electrons. The molecule has 0 amide bonds. The fraction of sp³-hybridized carbons (Fsp3) is 0.364. The van der Waals surface area contributed by atoms with Crippen molar-refractivity contribution in [1.82, 2.24) is 0 Å². The first-order chi connectivity index (χ1) is 6.76. The zero-order valence-corrected chi connectivity index (χ0v) is 8.79. The number of nitrogens with zero attached hydrogens (tertiary/aromatic N) is 1. The van der Waals surface area contributed by atoms with Gasteiger partial charge in [0.15, 0.2) is 0 Å². The second-order valence-electron chi connectivity index (χ2n) is 2.96. The van der Waals surface area contributed by atoms with E-state index < -0.39 is 0 Å². The highest BCUT2D eigenvalue weighted by atomic mass is 35.5. The smallest absolute Gasteiger partial charge is 0.119 e. The molecule has 0 spiro atoms. The van der Waals surface area contributed by atoms with Gasteiger partial charge < -0.3 is 4.74 Å². The predicted molar refractivity (Wildman–Crippen MR) is 56.4 cm³/mol. The third-order valence-electron chi connectivity index (χ3n) is 1.89. The second-order valence-corrected chi connectivity index (χ2v) is 3.40. The minimum atomic E-state index is -0.0267. The van der Waals surface area contributed by atoms with E-state index in [2.05, 4.69) is 6.07 Å². The van der Waals surface area contributed by atoms with Crippen LogP contribution in [-0.2, 0) is 0 Å². The lowest BCUT2D eigenvalue weighted by atomic mass is 10.2. The van der Waals surface area contributed by atoms with Crippen molar-refractivity contribution < 1.29 is 4.74 Å². The molecule has 0 aliphatic carbocycles. The highest BCUT2D eigenvalue weighted by Crippen LogP contribution is 2.18. The van der Waals surface area contributed by atoms with Crippen LogP contribution in [0.2, 0.25) is 5.02 Å². The summed E-state index contributed by atoms with van der Waals surface area (Å²) in [5, 5.41) is 9.22. The maximum atomic E-state index is 8.54. The van der Waals surface area contributed by atoms with Crippen molar-refractivity contribution in [3.8, 4) is 11.8 Å². The van der Waals surface area contributed by atoms with Gasteiger partial charge in [-0.3, -0.25) is 0 Å². The molecule has 0 saturated heterocycles. The van der Waals surface area contributed by atoms with E-state index >= 15 is 0 Å². The molecule has 74 valence electrons. The third-order valence-corrected chi connectivity index (χ3v) is 2.14. The third kappa shape index (κ3) is 3.27. The van der Waals surface area contributed by atoms with Crippen LogP contribution in [0.25, 0.3) is 0 Å². The Morgan fingerprint density at radius 1 is 1.43 bits per heavy atom. The zero-order valence-electron chi connectivity index (χ0n) is 8.03. The lowest BCUT2D eigenvalue weighted by Crippen LogP contribution is -2.14. The Bertz CT molecular complexity index is 315. The van der Waals surface area contributed by atoms with Crippen LogP contribution in [0.3, 0.4) is 0 Å². The minimum Gasteiger partial charge on any atom is -0.489 e. The molecule has 0 fully saturated rings. The Morgan fingerprint density at radius 3 is 2.57 bits per heavy atom. The van der Waals surface area contributed by atoms with E-state index in [0.29, 0.717) is 11.4 Å². The molecule has 0 saturated carbocycles. The molecular weight excluding hydrogens is 198 g/mol. The fourth-order valence-electron chi connectivity index (χ4n) is 1.08. The first-order valence-electron chi connectivity index (χ1n) is 4.55. The Labute approximate surface area is 89.1 Å². The molecule has 1 rings (SSSR count). The monoisotopic (exact) mass is 209 g/mol. The zero-order chi connectivity index (χ0) is 10.4. The van der Waals surface area contributed by atoms with E-state index in [4.69, 9.17) is 21.6 Å². The Balaban J connectivity index is 2.59. The van der Waals surface area contributed by atoms with Gasteiger partial charge >= 0.3 is 0 Å². The summed E-state index contributed by atoms with van der Waals surface area (Å²) in [6.45, 7) is 2.00. The quantitative estimate of drug-likeness (QED) is 0.762. The molecule has 0 N–H and O–H groups in total. The van der Waals surface area contributed by atoms with Gasteiger partial charge in [0.25, 0.3) is 0 Å². The van der Waals surface area contributed by atoms with E-state index in [1.54, 1.807) is 12.1 Å². The maximum Gasteiger partial charge on any atom is 0.119 e. The van der Waals surface area contributed by atoms with Gasteiger partial charge in [-0.15, -0.1) is 0 Å². The Kier molecular flexibility index (Phi) is 4.28. The summed E-state index contributed by atoms with van der Waals surface area (Å²) < 4.78 is 5.58. The van der Waals surface area contributed by atoms with Crippen LogP contribution >= 0.6 is 11.6 Å². The average molecular weight is 210 g/mol. The van der Waals surface area contributed by atoms with Gasteiger partial charge in [-0.1, -0.05) is 18.5 Å². The lowest BCUT2D eigenvalue weighted by molar-refractivity contribution is 0.202. The van der Waals surface area contributed by atoms with E-state index in [1.165, 1.54) is 0 Å². The first kappa shape index (κ1) is 10.9. The largest absolute Gasteiger partial charge is 0.489 e. The molecule has 1 aromatic rings. The van der Waals surface area contributed by atoms with Crippen molar-refractivity contribution in [1.29, 1.82) is 5.26 Å². The first-order valence-corrected chi connectivity index (χ1v) is 4.93. The van der Waals surface area contributed by atoms with Gasteiger partial charge in [0, 0.05) is 5.02 Å². The van der Waals surface area contributed by atoms with Gasteiger partial charge in [-0.05, 0) is 30.7 Å². The molecule has 0 bridgehead atoms. The molecule has 0 aliphatic heterocycles. The maximum absolute atomic E-state index is 8.54. The minimum absolute atomic E-state index is 0.0267. The molecule has 2 nitrogen and oxygen atoms in total. The number of ether oxygens (including phenoxy) is 1. The van der Waals surface area contributed by atoms with E-state index in [0.717, 1.165) is 12.2 Å². The molecule has 1 atom stereocenters. The number of hydrogen-bond acceptors (Lipinski definition) is 2. The van der Waals surface area contributed by atoms with Gasteiger partial charge in [-0.2, -0.15) is 5.26 Å². The molecule has 1 aromatic carbocycles. The van der Waals surface area contributed by atoms with E-state index in [1.807, 2.05) is 19.1 Å². The number of hydrogen-bond donors (Lipinski definition) is 0. The summed E-state index contributed by atoms with van der Waals surface area (Å²) in [5.74, 6) is 0.761. The van der Waals surface area contributed by atoms with Crippen molar-refractivity contribution in [2.75, 3.05) is 0 Å². The Morgan fingerprint density at radius 2 is 2.07 bits per heavy atom. The normalized spacial score (nSPS) is 11.8. The van der Waals surface area contributed by atoms with Crippen LogP contribution in [0.4, 0.5) is 0 Å². The van der Waals surface area contributed by atoms with Gasteiger partial charge in [0.2, 0.25) is 0 Å². The fourth-order valence-corrected chi connectivity index (χ4v) is 1.20.